The maximum absolute atomic E-state index is 12.7. The van der Waals surface area contributed by atoms with Gasteiger partial charge in [-0.05, 0) is 42.2 Å². The minimum Gasteiger partial charge on any atom is -0.352 e. The number of para-hydroxylation sites is 1. The number of aryl methyl sites for hydroxylation is 1. The van der Waals surface area contributed by atoms with Crippen LogP contribution in [-0.4, -0.2) is 28.3 Å². The van der Waals surface area contributed by atoms with E-state index in [2.05, 4.69) is 41.4 Å². The Bertz CT molecular complexity index is 1040. The molecule has 0 spiro atoms. The zero-order valence-electron chi connectivity index (χ0n) is 18.3. The second-order valence-corrected chi connectivity index (χ2v) is 8.31. The zero-order chi connectivity index (χ0) is 21.7. The number of aromatic amines is 1. The maximum atomic E-state index is 12.7. The molecule has 0 saturated heterocycles. The van der Waals surface area contributed by atoms with Crippen molar-refractivity contribution >= 4 is 29.9 Å². The summed E-state index contributed by atoms with van der Waals surface area (Å²) < 4.78 is 0. The standard InChI is InChI=1S/C24H28N4O2.ClH/c1-16-26-15-19(27-16)13-14-25-23(30)20-7-5-6-8-21(20)28-22(29)17-9-11-18(12-10-17)24(2,3)4;/h5-12,15H,13-14H2,1-4H3,(H,25,30)(H,26,27)(H,28,29);1H. The van der Waals surface area contributed by atoms with Crippen molar-refractivity contribution in [3.8, 4) is 0 Å². The Labute approximate surface area is 189 Å². The van der Waals surface area contributed by atoms with Crippen LogP contribution < -0.4 is 10.6 Å². The predicted octanol–water partition coefficient (Wildman–Crippen LogP) is 4.66. The molecule has 3 aromatic rings. The SMILES string of the molecule is Cc1nc(CCNC(=O)c2ccccc2NC(=O)c2ccc(C(C)(C)C)cc2)c[nH]1.Cl. The van der Waals surface area contributed by atoms with E-state index in [-0.39, 0.29) is 29.6 Å². The van der Waals surface area contributed by atoms with Gasteiger partial charge >= 0.3 is 0 Å². The van der Waals surface area contributed by atoms with Crippen LogP contribution >= 0.6 is 12.4 Å². The molecule has 0 aliphatic heterocycles. The number of nitrogens with zero attached hydrogens (tertiary/aromatic N) is 1. The van der Waals surface area contributed by atoms with Crippen LogP contribution in [0.2, 0.25) is 0 Å². The maximum Gasteiger partial charge on any atom is 0.255 e. The summed E-state index contributed by atoms with van der Waals surface area (Å²) in [6.07, 6.45) is 2.46. The normalized spacial score (nSPS) is 10.8. The van der Waals surface area contributed by atoms with E-state index in [1.807, 2.05) is 37.4 Å². The molecule has 0 aliphatic rings. The topological polar surface area (TPSA) is 86.9 Å². The average molecular weight is 441 g/mol. The summed E-state index contributed by atoms with van der Waals surface area (Å²) >= 11 is 0. The lowest BCUT2D eigenvalue weighted by molar-refractivity contribution is 0.0955. The van der Waals surface area contributed by atoms with Crippen LogP contribution in [0.25, 0.3) is 0 Å². The molecule has 0 aliphatic carbocycles. The van der Waals surface area contributed by atoms with Gasteiger partial charge < -0.3 is 15.6 Å². The third-order valence-electron chi connectivity index (χ3n) is 4.86. The van der Waals surface area contributed by atoms with Crippen molar-refractivity contribution in [2.45, 2.75) is 39.5 Å². The zero-order valence-corrected chi connectivity index (χ0v) is 19.1. The van der Waals surface area contributed by atoms with Crippen LogP contribution in [0.5, 0.6) is 0 Å². The second kappa shape index (κ2) is 10.3. The number of halogens is 1. The van der Waals surface area contributed by atoms with Crippen molar-refractivity contribution in [2.24, 2.45) is 0 Å². The number of hydrogen-bond donors (Lipinski definition) is 3. The molecule has 7 heteroatoms. The van der Waals surface area contributed by atoms with E-state index >= 15 is 0 Å². The molecule has 1 heterocycles. The molecule has 0 unspecified atom stereocenters. The van der Waals surface area contributed by atoms with Crippen LogP contribution in [0.3, 0.4) is 0 Å². The molecule has 0 radical (unpaired) electrons. The number of aromatic nitrogens is 2. The fourth-order valence-corrected chi connectivity index (χ4v) is 3.10. The molecule has 3 rings (SSSR count). The van der Waals surface area contributed by atoms with Crippen LogP contribution in [0.15, 0.2) is 54.7 Å². The van der Waals surface area contributed by atoms with Gasteiger partial charge in [-0.1, -0.05) is 45.0 Å². The molecule has 0 saturated carbocycles. The van der Waals surface area contributed by atoms with Gasteiger partial charge in [0.2, 0.25) is 0 Å². The highest BCUT2D eigenvalue weighted by atomic mass is 35.5. The van der Waals surface area contributed by atoms with E-state index in [0.29, 0.717) is 29.8 Å². The first-order chi connectivity index (χ1) is 14.2. The molecule has 0 bridgehead atoms. The minimum absolute atomic E-state index is 0. The van der Waals surface area contributed by atoms with Gasteiger partial charge in [-0.3, -0.25) is 9.59 Å². The molecular formula is C24H29ClN4O2. The quantitative estimate of drug-likeness (QED) is 0.520. The van der Waals surface area contributed by atoms with Crippen molar-refractivity contribution in [2.75, 3.05) is 11.9 Å². The molecular weight excluding hydrogens is 412 g/mol. The number of amides is 2. The largest absolute Gasteiger partial charge is 0.352 e. The number of rotatable bonds is 6. The first-order valence-corrected chi connectivity index (χ1v) is 10.0. The Hall–Kier alpha value is -3.12. The summed E-state index contributed by atoms with van der Waals surface area (Å²) in [7, 11) is 0. The molecule has 0 fully saturated rings. The van der Waals surface area contributed by atoms with E-state index in [0.717, 1.165) is 17.1 Å². The van der Waals surface area contributed by atoms with Crippen LogP contribution in [0.4, 0.5) is 5.69 Å². The van der Waals surface area contributed by atoms with E-state index in [1.165, 1.54) is 0 Å². The highest BCUT2D eigenvalue weighted by Crippen LogP contribution is 2.23. The smallest absolute Gasteiger partial charge is 0.255 e. The Balaban J connectivity index is 0.00000341. The summed E-state index contributed by atoms with van der Waals surface area (Å²) in [5.74, 6) is 0.365. The van der Waals surface area contributed by atoms with Gasteiger partial charge in [-0.2, -0.15) is 0 Å². The third-order valence-corrected chi connectivity index (χ3v) is 4.86. The lowest BCUT2D eigenvalue weighted by Gasteiger charge is -2.19. The number of carbonyl (C=O) groups excluding carboxylic acids is 2. The van der Waals surface area contributed by atoms with Gasteiger partial charge in [-0.25, -0.2) is 4.98 Å². The first-order valence-electron chi connectivity index (χ1n) is 10.0. The molecule has 2 aromatic carbocycles. The first kappa shape index (κ1) is 24.2. The molecule has 3 N–H and O–H groups in total. The summed E-state index contributed by atoms with van der Waals surface area (Å²) in [6.45, 7) is 8.73. The van der Waals surface area contributed by atoms with Gasteiger partial charge in [0.1, 0.15) is 5.82 Å². The average Bonchev–Trinajstić information content (AvgIpc) is 3.12. The summed E-state index contributed by atoms with van der Waals surface area (Å²) in [6, 6.07) is 14.5. The van der Waals surface area contributed by atoms with Gasteiger partial charge in [-0.15, -0.1) is 12.4 Å². The van der Waals surface area contributed by atoms with Gasteiger partial charge in [0.15, 0.2) is 0 Å². The van der Waals surface area contributed by atoms with Crippen molar-refractivity contribution in [3.05, 3.63) is 82.9 Å². The van der Waals surface area contributed by atoms with Gasteiger partial charge in [0.05, 0.1) is 16.9 Å². The molecule has 1 aromatic heterocycles. The fraction of sp³-hybridized carbons (Fsp3) is 0.292. The molecule has 0 atom stereocenters. The molecule has 2 amide bonds. The molecule has 6 nitrogen and oxygen atoms in total. The number of carbonyl (C=O) groups is 2. The predicted molar refractivity (Wildman–Crippen MR) is 126 cm³/mol. The van der Waals surface area contributed by atoms with E-state index in [1.54, 1.807) is 24.3 Å². The van der Waals surface area contributed by atoms with E-state index in [9.17, 15) is 9.59 Å². The molecule has 31 heavy (non-hydrogen) atoms. The van der Waals surface area contributed by atoms with Crippen molar-refractivity contribution in [3.63, 3.8) is 0 Å². The second-order valence-electron chi connectivity index (χ2n) is 8.31. The van der Waals surface area contributed by atoms with E-state index < -0.39 is 0 Å². The number of imidazole rings is 1. The lowest BCUT2D eigenvalue weighted by atomic mass is 9.86. The highest BCUT2D eigenvalue weighted by Gasteiger charge is 2.16. The summed E-state index contributed by atoms with van der Waals surface area (Å²) in [5.41, 5.74) is 3.53. The number of H-pyrrole nitrogens is 1. The third kappa shape index (κ3) is 6.43. The Morgan fingerprint density at radius 1 is 1.00 bits per heavy atom. The number of anilines is 1. The number of benzene rings is 2. The van der Waals surface area contributed by atoms with Crippen molar-refractivity contribution in [1.82, 2.24) is 15.3 Å². The van der Waals surface area contributed by atoms with Gasteiger partial charge in [0.25, 0.3) is 11.8 Å². The monoisotopic (exact) mass is 440 g/mol. The van der Waals surface area contributed by atoms with Crippen LogP contribution in [0.1, 0.15) is 58.6 Å². The fourth-order valence-electron chi connectivity index (χ4n) is 3.10. The van der Waals surface area contributed by atoms with Crippen LogP contribution in [-0.2, 0) is 11.8 Å². The highest BCUT2D eigenvalue weighted by molar-refractivity contribution is 6.09. The Kier molecular flexibility index (Phi) is 8.00. The van der Waals surface area contributed by atoms with Crippen molar-refractivity contribution < 1.29 is 9.59 Å². The summed E-state index contributed by atoms with van der Waals surface area (Å²) in [5, 5.41) is 5.75. The Morgan fingerprint density at radius 2 is 1.68 bits per heavy atom. The number of hydrogen-bond acceptors (Lipinski definition) is 3. The number of nitrogens with one attached hydrogen (secondary N) is 3. The molecule has 164 valence electrons. The van der Waals surface area contributed by atoms with Gasteiger partial charge in [0, 0.05) is 24.7 Å². The van der Waals surface area contributed by atoms with Crippen LogP contribution in [0, 0.1) is 6.92 Å². The van der Waals surface area contributed by atoms with E-state index in [4.69, 9.17) is 0 Å². The van der Waals surface area contributed by atoms with Crippen molar-refractivity contribution in [1.29, 1.82) is 0 Å². The summed E-state index contributed by atoms with van der Waals surface area (Å²) in [4.78, 5) is 32.7. The Morgan fingerprint density at radius 3 is 2.29 bits per heavy atom. The minimum atomic E-state index is -0.247. The lowest BCUT2D eigenvalue weighted by Crippen LogP contribution is -2.27.